The number of aryl methyl sites for hydroxylation is 1. The summed E-state index contributed by atoms with van der Waals surface area (Å²) in [6.07, 6.45) is 10.9. The molecule has 0 radical (unpaired) electrons. The number of hydrogen-bond acceptors (Lipinski definition) is 5. The molecule has 1 saturated heterocycles. The molecule has 37 heavy (non-hydrogen) atoms. The summed E-state index contributed by atoms with van der Waals surface area (Å²) in [5.41, 5.74) is 6.56. The van der Waals surface area contributed by atoms with Crippen LogP contribution in [0.2, 0.25) is 0 Å². The molecule has 2 aromatic heterocycles. The zero-order valence-corrected chi connectivity index (χ0v) is 21.6. The van der Waals surface area contributed by atoms with Gasteiger partial charge in [-0.05, 0) is 80.5 Å². The molecular formula is C31H32N4O2. The van der Waals surface area contributed by atoms with Gasteiger partial charge in [-0.1, -0.05) is 30.3 Å². The molecule has 6 nitrogen and oxygen atoms in total. The van der Waals surface area contributed by atoms with E-state index in [2.05, 4.69) is 53.4 Å². The highest BCUT2D eigenvalue weighted by molar-refractivity contribution is 5.70. The first-order valence-corrected chi connectivity index (χ1v) is 12.8. The molecule has 0 bridgehead atoms. The number of rotatable bonds is 7. The van der Waals surface area contributed by atoms with Gasteiger partial charge in [-0.15, -0.1) is 0 Å². The van der Waals surface area contributed by atoms with Crippen LogP contribution in [0.3, 0.4) is 0 Å². The van der Waals surface area contributed by atoms with Gasteiger partial charge in [0.1, 0.15) is 12.4 Å². The van der Waals surface area contributed by atoms with Crippen LogP contribution in [-0.2, 0) is 10.2 Å². The Morgan fingerprint density at radius 1 is 1.08 bits per heavy atom. The van der Waals surface area contributed by atoms with Gasteiger partial charge in [-0.2, -0.15) is 10.4 Å². The third kappa shape index (κ3) is 5.42. The molecule has 2 aromatic carbocycles. The fraction of sp³-hybridized carbons (Fsp3) is 0.323. The second-order valence-electron chi connectivity index (χ2n) is 10.2. The van der Waals surface area contributed by atoms with Crippen molar-refractivity contribution in [3.05, 3.63) is 84.4 Å². The maximum absolute atomic E-state index is 9.57. The number of hydrogen-bond donors (Lipinski definition) is 0. The van der Waals surface area contributed by atoms with Gasteiger partial charge in [0, 0.05) is 36.3 Å². The van der Waals surface area contributed by atoms with Crippen LogP contribution in [0.5, 0.6) is 5.75 Å². The van der Waals surface area contributed by atoms with E-state index in [-0.39, 0.29) is 6.10 Å². The molecule has 1 atom stereocenters. The Balaban J connectivity index is 1.42. The molecule has 0 aliphatic carbocycles. The van der Waals surface area contributed by atoms with Gasteiger partial charge in [0.15, 0.2) is 0 Å². The highest BCUT2D eigenvalue weighted by atomic mass is 16.5. The minimum absolute atomic E-state index is 0.139. The normalized spacial score (nSPS) is 15.8. The molecule has 0 N–H and O–H groups in total. The molecule has 0 amide bonds. The van der Waals surface area contributed by atoms with E-state index in [0.29, 0.717) is 6.61 Å². The lowest BCUT2D eigenvalue weighted by atomic mass is 9.85. The fourth-order valence-electron chi connectivity index (χ4n) is 4.63. The van der Waals surface area contributed by atoms with E-state index < -0.39 is 5.41 Å². The second-order valence-corrected chi connectivity index (χ2v) is 10.2. The average Bonchev–Trinajstić information content (AvgIpc) is 3.43. The van der Waals surface area contributed by atoms with Crippen LogP contribution in [0.25, 0.3) is 27.9 Å². The quantitative estimate of drug-likeness (QED) is 0.288. The smallest absolute Gasteiger partial charge is 0.130 e. The van der Waals surface area contributed by atoms with E-state index in [9.17, 15) is 5.26 Å². The molecule has 1 aliphatic rings. The standard InChI is InChI=1S/C31H32N4O2/c1-22-10-11-24(23-7-6-8-26(15-23)31(2,3)21-32)16-29(22)35-19-25(17-34-35)28-18-33-13-12-30(28)37-20-27-9-4-5-14-36-27/h6-8,10-13,15-19,27H,4-5,9,14,20H2,1-3H3. The fourth-order valence-corrected chi connectivity index (χ4v) is 4.63. The van der Waals surface area contributed by atoms with Crippen molar-refractivity contribution in [2.45, 2.75) is 51.6 Å². The second kappa shape index (κ2) is 10.6. The SMILES string of the molecule is Cc1ccc(-c2cccc(C(C)(C)C#N)c2)cc1-n1cc(-c2cnccc2OCC2CCCCO2)cn1. The predicted molar refractivity (Wildman–Crippen MR) is 145 cm³/mol. The Labute approximate surface area is 218 Å². The topological polar surface area (TPSA) is 73.0 Å². The Bertz CT molecular complexity index is 1430. The lowest BCUT2D eigenvalue weighted by Crippen LogP contribution is -2.25. The van der Waals surface area contributed by atoms with Crippen LogP contribution < -0.4 is 4.74 Å². The van der Waals surface area contributed by atoms with Crippen LogP contribution in [-0.4, -0.2) is 34.1 Å². The molecule has 1 aliphatic heterocycles. The molecule has 5 rings (SSSR count). The van der Waals surface area contributed by atoms with Gasteiger partial charge in [0.25, 0.3) is 0 Å². The summed E-state index contributed by atoms with van der Waals surface area (Å²) in [5, 5.41) is 14.3. The largest absolute Gasteiger partial charge is 0.490 e. The maximum Gasteiger partial charge on any atom is 0.130 e. The summed E-state index contributed by atoms with van der Waals surface area (Å²) in [4.78, 5) is 4.33. The van der Waals surface area contributed by atoms with E-state index in [4.69, 9.17) is 9.47 Å². The van der Waals surface area contributed by atoms with Crippen LogP contribution >= 0.6 is 0 Å². The van der Waals surface area contributed by atoms with Gasteiger partial charge < -0.3 is 9.47 Å². The summed E-state index contributed by atoms with van der Waals surface area (Å²) in [6, 6.07) is 18.9. The molecule has 0 saturated carbocycles. The van der Waals surface area contributed by atoms with Gasteiger partial charge >= 0.3 is 0 Å². The average molecular weight is 493 g/mol. The number of pyridine rings is 1. The highest BCUT2D eigenvalue weighted by Gasteiger charge is 2.20. The molecule has 1 fully saturated rings. The van der Waals surface area contributed by atoms with Crippen molar-refractivity contribution < 1.29 is 9.47 Å². The Hall–Kier alpha value is -3.95. The first kappa shape index (κ1) is 24.7. The molecule has 3 heterocycles. The van der Waals surface area contributed by atoms with E-state index in [1.54, 1.807) is 6.20 Å². The number of nitrogens with zero attached hydrogens (tertiary/aromatic N) is 4. The Morgan fingerprint density at radius 3 is 2.76 bits per heavy atom. The number of ether oxygens (including phenoxy) is 2. The van der Waals surface area contributed by atoms with Crippen LogP contribution in [0.15, 0.2) is 73.3 Å². The van der Waals surface area contributed by atoms with Gasteiger partial charge in [-0.3, -0.25) is 4.98 Å². The Morgan fingerprint density at radius 2 is 1.95 bits per heavy atom. The third-order valence-corrected chi connectivity index (χ3v) is 7.03. The first-order chi connectivity index (χ1) is 17.9. The van der Waals surface area contributed by atoms with E-state index in [1.165, 1.54) is 6.42 Å². The summed E-state index contributed by atoms with van der Waals surface area (Å²) in [5.74, 6) is 0.783. The minimum atomic E-state index is -0.549. The first-order valence-electron chi connectivity index (χ1n) is 12.8. The molecule has 1 unspecified atom stereocenters. The van der Waals surface area contributed by atoms with E-state index >= 15 is 0 Å². The van der Waals surface area contributed by atoms with Crippen molar-refractivity contribution in [1.82, 2.24) is 14.8 Å². The van der Waals surface area contributed by atoms with Crippen LogP contribution in [0.1, 0.15) is 44.2 Å². The van der Waals surface area contributed by atoms with Gasteiger partial charge in [0.05, 0.1) is 29.5 Å². The summed E-state index contributed by atoms with van der Waals surface area (Å²) >= 11 is 0. The number of benzene rings is 2. The van der Waals surface area contributed by atoms with Crippen molar-refractivity contribution in [1.29, 1.82) is 5.26 Å². The Kier molecular flexibility index (Phi) is 7.07. The molecule has 6 heteroatoms. The highest BCUT2D eigenvalue weighted by Crippen LogP contribution is 2.32. The molecule has 0 spiro atoms. The van der Waals surface area contributed by atoms with E-state index in [0.717, 1.165) is 64.3 Å². The van der Waals surface area contributed by atoms with Gasteiger partial charge in [0.2, 0.25) is 0 Å². The third-order valence-electron chi connectivity index (χ3n) is 7.03. The van der Waals surface area contributed by atoms with Crippen molar-refractivity contribution in [3.63, 3.8) is 0 Å². The van der Waals surface area contributed by atoms with Crippen molar-refractivity contribution in [2.75, 3.05) is 13.2 Å². The lowest BCUT2D eigenvalue weighted by Gasteiger charge is -2.23. The predicted octanol–water partition coefficient (Wildman–Crippen LogP) is 6.66. The summed E-state index contributed by atoms with van der Waals surface area (Å²) < 4.78 is 13.9. The summed E-state index contributed by atoms with van der Waals surface area (Å²) in [7, 11) is 0. The lowest BCUT2D eigenvalue weighted by molar-refractivity contribution is -0.0109. The molecule has 188 valence electrons. The van der Waals surface area contributed by atoms with Gasteiger partial charge in [-0.25, -0.2) is 4.68 Å². The van der Waals surface area contributed by atoms with Crippen LogP contribution in [0, 0.1) is 18.3 Å². The molecule has 4 aromatic rings. The molecular weight excluding hydrogens is 460 g/mol. The van der Waals surface area contributed by atoms with E-state index in [1.807, 2.05) is 55.3 Å². The minimum Gasteiger partial charge on any atom is -0.490 e. The zero-order valence-electron chi connectivity index (χ0n) is 21.6. The van der Waals surface area contributed by atoms with Crippen molar-refractivity contribution >= 4 is 0 Å². The monoisotopic (exact) mass is 492 g/mol. The summed E-state index contributed by atoms with van der Waals surface area (Å²) in [6.45, 7) is 7.31. The number of aromatic nitrogens is 3. The number of nitriles is 1. The van der Waals surface area contributed by atoms with Crippen molar-refractivity contribution in [3.8, 4) is 39.8 Å². The van der Waals surface area contributed by atoms with Crippen LogP contribution in [0.4, 0.5) is 0 Å². The maximum atomic E-state index is 9.57. The zero-order chi connectivity index (χ0) is 25.8. The van der Waals surface area contributed by atoms with Crippen molar-refractivity contribution in [2.24, 2.45) is 0 Å².